The van der Waals surface area contributed by atoms with E-state index in [1.807, 2.05) is 29.1 Å². The first-order chi connectivity index (χ1) is 6.81. The topological polar surface area (TPSA) is 17.8 Å². The van der Waals surface area contributed by atoms with Crippen molar-refractivity contribution in [3.05, 3.63) is 41.0 Å². The molecule has 0 N–H and O–H groups in total. The second-order valence-corrected chi connectivity index (χ2v) is 3.95. The minimum atomic E-state index is 0.901. The lowest BCUT2D eigenvalue weighted by atomic mass is 10.1. The highest BCUT2D eigenvalue weighted by atomic mass is 79.9. The van der Waals surface area contributed by atoms with Crippen LogP contribution in [0.5, 0.6) is 0 Å². The van der Waals surface area contributed by atoms with E-state index in [1.165, 1.54) is 11.3 Å². The van der Waals surface area contributed by atoms with Gasteiger partial charge in [0.2, 0.25) is 0 Å². The predicted octanol–water partition coefficient (Wildman–Crippen LogP) is 3.33. The fourth-order valence-corrected chi connectivity index (χ4v) is 1.71. The van der Waals surface area contributed by atoms with Gasteiger partial charge in [0.25, 0.3) is 0 Å². The Morgan fingerprint density at radius 3 is 2.57 bits per heavy atom. The van der Waals surface area contributed by atoms with E-state index in [1.54, 1.807) is 0 Å². The highest BCUT2D eigenvalue weighted by Crippen LogP contribution is 2.21. The lowest BCUT2D eigenvalue weighted by Gasteiger charge is -2.04. The summed E-state index contributed by atoms with van der Waals surface area (Å²) in [4.78, 5) is 0. The van der Waals surface area contributed by atoms with Crippen molar-refractivity contribution in [1.82, 2.24) is 9.78 Å². The van der Waals surface area contributed by atoms with E-state index in [9.17, 15) is 0 Å². The number of rotatable bonds is 2. The largest absolute Gasteiger partial charge is 0.265 e. The van der Waals surface area contributed by atoms with Gasteiger partial charge in [-0.25, -0.2) is 0 Å². The molecule has 0 radical (unpaired) electrons. The first-order valence-corrected chi connectivity index (χ1v) is 5.38. The van der Waals surface area contributed by atoms with Gasteiger partial charge in [-0.3, -0.25) is 4.68 Å². The summed E-state index contributed by atoms with van der Waals surface area (Å²) in [7, 11) is 0. The van der Waals surface area contributed by atoms with Crippen molar-refractivity contribution in [1.29, 1.82) is 0 Å². The Hall–Kier alpha value is -1.09. The summed E-state index contributed by atoms with van der Waals surface area (Å²) >= 11 is 3.42. The van der Waals surface area contributed by atoms with Gasteiger partial charge in [0, 0.05) is 17.2 Å². The first-order valence-electron chi connectivity index (χ1n) is 4.59. The number of aromatic nitrogens is 2. The molecular formula is C11H11BrN2. The molecule has 0 atom stereocenters. The van der Waals surface area contributed by atoms with Crippen molar-refractivity contribution in [3.8, 4) is 11.3 Å². The summed E-state index contributed by atoms with van der Waals surface area (Å²) in [5.74, 6) is 0. The molecule has 72 valence electrons. The first kappa shape index (κ1) is 9.46. The van der Waals surface area contributed by atoms with Crippen LogP contribution in [0.4, 0.5) is 0 Å². The zero-order chi connectivity index (χ0) is 9.97. The number of hydrogen-bond acceptors (Lipinski definition) is 1. The maximum Gasteiger partial charge on any atom is 0.0682 e. The van der Waals surface area contributed by atoms with Gasteiger partial charge in [0.15, 0.2) is 0 Å². The van der Waals surface area contributed by atoms with Crippen LogP contribution in [0.2, 0.25) is 0 Å². The minimum Gasteiger partial charge on any atom is -0.265 e. The molecule has 2 rings (SSSR count). The summed E-state index contributed by atoms with van der Waals surface area (Å²) in [6.45, 7) is 2.99. The zero-order valence-electron chi connectivity index (χ0n) is 7.94. The quantitative estimate of drug-likeness (QED) is 0.800. The van der Waals surface area contributed by atoms with E-state index in [0.29, 0.717) is 0 Å². The fraction of sp³-hybridized carbons (Fsp3) is 0.182. The molecule has 1 heterocycles. The van der Waals surface area contributed by atoms with Gasteiger partial charge in [-0.1, -0.05) is 28.1 Å². The molecule has 0 aliphatic rings. The van der Waals surface area contributed by atoms with Crippen LogP contribution >= 0.6 is 15.9 Å². The molecule has 0 saturated heterocycles. The van der Waals surface area contributed by atoms with Crippen LogP contribution in [0.15, 0.2) is 41.0 Å². The maximum atomic E-state index is 4.24. The van der Waals surface area contributed by atoms with Crippen molar-refractivity contribution < 1.29 is 0 Å². The number of hydrogen-bond donors (Lipinski definition) is 0. The molecule has 0 amide bonds. The number of halogens is 1. The van der Waals surface area contributed by atoms with Crippen LogP contribution in [0.3, 0.4) is 0 Å². The summed E-state index contributed by atoms with van der Waals surface area (Å²) in [6, 6.07) is 10.3. The third-order valence-corrected chi connectivity index (χ3v) is 2.68. The average molecular weight is 251 g/mol. The molecule has 2 aromatic rings. The molecule has 3 heteroatoms. The summed E-state index contributed by atoms with van der Waals surface area (Å²) < 4.78 is 3.09. The third-order valence-electron chi connectivity index (χ3n) is 2.16. The lowest BCUT2D eigenvalue weighted by molar-refractivity contribution is 0.667. The fourth-order valence-electron chi connectivity index (χ4n) is 1.45. The Morgan fingerprint density at radius 1 is 1.21 bits per heavy atom. The smallest absolute Gasteiger partial charge is 0.0682 e. The van der Waals surface area contributed by atoms with E-state index >= 15 is 0 Å². The maximum absolute atomic E-state index is 4.24. The van der Waals surface area contributed by atoms with Crippen molar-refractivity contribution in [3.63, 3.8) is 0 Å². The monoisotopic (exact) mass is 250 g/mol. The van der Waals surface area contributed by atoms with Crippen LogP contribution in [0.1, 0.15) is 6.92 Å². The van der Waals surface area contributed by atoms with Crippen molar-refractivity contribution >= 4 is 15.9 Å². The Morgan fingerprint density at radius 2 is 1.93 bits per heavy atom. The van der Waals surface area contributed by atoms with Crippen molar-refractivity contribution in [2.75, 3.05) is 0 Å². The number of aryl methyl sites for hydroxylation is 1. The van der Waals surface area contributed by atoms with Crippen LogP contribution in [-0.2, 0) is 6.54 Å². The third kappa shape index (κ3) is 1.73. The molecule has 1 aromatic carbocycles. The van der Waals surface area contributed by atoms with Gasteiger partial charge in [0.1, 0.15) is 0 Å². The van der Waals surface area contributed by atoms with E-state index in [4.69, 9.17) is 0 Å². The molecule has 1 aromatic heterocycles. The average Bonchev–Trinajstić information content (AvgIpc) is 2.67. The minimum absolute atomic E-state index is 0.901. The van der Waals surface area contributed by atoms with Gasteiger partial charge in [-0.2, -0.15) is 5.10 Å². The van der Waals surface area contributed by atoms with Gasteiger partial charge in [0.05, 0.1) is 5.69 Å². The molecule has 14 heavy (non-hydrogen) atoms. The van der Waals surface area contributed by atoms with Crippen LogP contribution in [-0.4, -0.2) is 9.78 Å². The molecule has 2 nitrogen and oxygen atoms in total. The summed E-state index contributed by atoms with van der Waals surface area (Å²) in [5.41, 5.74) is 2.37. The van der Waals surface area contributed by atoms with E-state index in [2.05, 4.69) is 40.1 Å². The molecule has 0 saturated carbocycles. The molecule has 0 aliphatic carbocycles. The Bertz CT molecular complexity index is 417. The highest BCUT2D eigenvalue weighted by molar-refractivity contribution is 9.10. The molecular weight excluding hydrogens is 240 g/mol. The molecule has 0 bridgehead atoms. The summed E-state index contributed by atoms with van der Waals surface area (Å²) in [6.07, 6.45) is 1.83. The van der Waals surface area contributed by atoms with E-state index in [-0.39, 0.29) is 0 Å². The van der Waals surface area contributed by atoms with Crippen molar-refractivity contribution in [2.24, 2.45) is 0 Å². The standard InChI is InChI=1S/C11H11BrN2/c1-2-14-11(7-8-13-14)9-3-5-10(12)6-4-9/h3-8H,2H2,1H3. The second kappa shape index (κ2) is 3.96. The zero-order valence-corrected chi connectivity index (χ0v) is 9.53. The number of nitrogens with zero attached hydrogens (tertiary/aromatic N) is 2. The Kier molecular flexibility index (Phi) is 2.68. The van der Waals surface area contributed by atoms with Gasteiger partial charge in [-0.05, 0) is 30.7 Å². The molecule has 0 spiro atoms. The second-order valence-electron chi connectivity index (χ2n) is 3.04. The van der Waals surface area contributed by atoms with Crippen molar-refractivity contribution in [2.45, 2.75) is 13.5 Å². The normalized spacial score (nSPS) is 10.4. The Balaban J connectivity index is 2.44. The van der Waals surface area contributed by atoms with E-state index < -0.39 is 0 Å². The van der Waals surface area contributed by atoms with E-state index in [0.717, 1.165) is 11.0 Å². The molecule has 0 unspecified atom stereocenters. The van der Waals surface area contributed by atoms with Crippen LogP contribution in [0.25, 0.3) is 11.3 Å². The van der Waals surface area contributed by atoms with Crippen LogP contribution in [0, 0.1) is 0 Å². The number of benzene rings is 1. The SMILES string of the molecule is CCn1nccc1-c1ccc(Br)cc1. The van der Waals surface area contributed by atoms with Crippen LogP contribution < -0.4 is 0 Å². The summed E-state index contributed by atoms with van der Waals surface area (Å²) in [5, 5.41) is 4.24. The van der Waals surface area contributed by atoms with Gasteiger partial charge >= 0.3 is 0 Å². The highest BCUT2D eigenvalue weighted by Gasteiger charge is 2.02. The molecule has 0 fully saturated rings. The van der Waals surface area contributed by atoms with Gasteiger partial charge in [-0.15, -0.1) is 0 Å². The lowest BCUT2D eigenvalue weighted by Crippen LogP contribution is -1.98. The molecule has 0 aliphatic heterocycles. The predicted molar refractivity (Wildman–Crippen MR) is 61.0 cm³/mol. The Labute approximate surface area is 91.7 Å². The van der Waals surface area contributed by atoms with Gasteiger partial charge < -0.3 is 0 Å².